The van der Waals surface area contributed by atoms with Crippen molar-refractivity contribution in [2.45, 2.75) is 12.8 Å². The predicted octanol–water partition coefficient (Wildman–Crippen LogP) is 3.88. The molecule has 0 spiro atoms. The number of rotatable bonds is 2. The lowest BCUT2D eigenvalue weighted by Gasteiger charge is -2.25. The Morgan fingerprint density at radius 2 is 1.36 bits per heavy atom. The number of ketones is 2. The highest BCUT2D eigenvalue weighted by Gasteiger charge is 2.38. The Morgan fingerprint density at radius 3 is 2.00 bits per heavy atom. The molecule has 3 aromatic rings. The van der Waals surface area contributed by atoms with Gasteiger partial charge in [0.25, 0.3) is 0 Å². The van der Waals surface area contributed by atoms with E-state index in [1.807, 2.05) is 30.3 Å². The van der Waals surface area contributed by atoms with E-state index in [4.69, 9.17) is 0 Å². The van der Waals surface area contributed by atoms with Crippen molar-refractivity contribution in [3.05, 3.63) is 71.3 Å². The maximum absolute atomic E-state index is 13.0. The van der Waals surface area contributed by atoms with Crippen LogP contribution in [-0.4, -0.2) is 21.8 Å². The summed E-state index contributed by atoms with van der Waals surface area (Å²) in [6, 6.07) is 16.1. The third kappa shape index (κ3) is 2.38. The van der Waals surface area contributed by atoms with Crippen molar-refractivity contribution in [3.8, 4) is 11.5 Å². The first kappa shape index (κ1) is 15.4. The molecule has 0 saturated heterocycles. The van der Waals surface area contributed by atoms with Crippen LogP contribution in [0, 0.1) is 5.92 Å². The van der Waals surface area contributed by atoms with Gasteiger partial charge in [0.2, 0.25) is 0 Å². The molecule has 0 amide bonds. The molecule has 1 atom stereocenters. The summed E-state index contributed by atoms with van der Waals surface area (Å²) in [5.41, 5.74) is 0.862. The molecule has 0 fully saturated rings. The molecule has 4 heteroatoms. The minimum atomic E-state index is -0.533. The molecular weight excluding hydrogens is 316 g/mol. The monoisotopic (exact) mass is 332 g/mol. The SMILES string of the molecule is O=C1CC(Cc2ccccc2)C(=O)c2c1c(O)c1ccccc1c2O. The topological polar surface area (TPSA) is 74.6 Å². The number of fused-ring (bicyclic) bond motifs is 2. The van der Waals surface area contributed by atoms with Crippen LogP contribution in [0.25, 0.3) is 10.8 Å². The van der Waals surface area contributed by atoms with Crippen LogP contribution in [0.3, 0.4) is 0 Å². The van der Waals surface area contributed by atoms with Crippen molar-refractivity contribution >= 4 is 22.3 Å². The number of hydrogen-bond acceptors (Lipinski definition) is 4. The average molecular weight is 332 g/mol. The fourth-order valence-corrected chi connectivity index (χ4v) is 3.60. The van der Waals surface area contributed by atoms with Gasteiger partial charge in [-0.2, -0.15) is 0 Å². The molecule has 4 nitrogen and oxygen atoms in total. The van der Waals surface area contributed by atoms with Gasteiger partial charge in [-0.1, -0.05) is 54.6 Å². The Balaban J connectivity index is 1.86. The number of Topliss-reactive ketones (excluding diaryl/α,β-unsaturated/α-hetero) is 2. The third-order valence-corrected chi connectivity index (χ3v) is 4.81. The van der Waals surface area contributed by atoms with Gasteiger partial charge in [-0.3, -0.25) is 9.59 Å². The molecule has 2 N–H and O–H groups in total. The van der Waals surface area contributed by atoms with Crippen LogP contribution in [0.5, 0.6) is 11.5 Å². The molecule has 4 rings (SSSR count). The minimum Gasteiger partial charge on any atom is -0.507 e. The quantitative estimate of drug-likeness (QED) is 0.698. The Hall–Kier alpha value is -3.14. The van der Waals surface area contributed by atoms with Gasteiger partial charge in [-0.15, -0.1) is 0 Å². The van der Waals surface area contributed by atoms with Crippen LogP contribution in [0.1, 0.15) is 32.7 Å². The summed E-state index contributed by atoms with van der Waals surface area (Å²) >= 11 is 0. The molecule has 25 heavy (non-hydrogen) atoms. The number of phenolic OH excluding ortho intramolecular Hbond substituents is 2. The standard InChI is InChI=1S/C21H16O4/c22-16-11-13(10-12-6-2-1-3-7-12)19(23)18-17(16)20(24)14-8-4-5-9-15(14)21(18)25/h1-9,13,24-25H,10-11H2. The number of benzene rings is 3. The molecule has 0 bridgehead atoms. The van der Waals surface area contributed by atoms with Gasteiger partial charge in [-0.05, 0) is 12.0 Å². The summed E-state index contributed by atoms with van der Waals surface area (Å²) in [5.74, 6) is -1.58. The van der Waals surface area contributed by atoms with Gasteiger partial charge >= 0.3 is 0 Å². The lowest BCUT2D eigenvalue weighted by Crippen LogP contribution is -2.28. The summed E-state index contributed by atoms with van der Waals surface area (Å²) in [4.78, 5) is 25.6. The van der Waals surface area contributed by atoms with Gasteiger partial charge in [0.15, 0.2) is 11.6 Å². The predicted molar refractivity (Wildman–Crippen MR) is 94.2 cm³/mol. The van der Waals surface area contributed by atoms with Gasteiger partial charge in [0.05, 0.1) is 11.1 Å². The molecule has 3 aromatic carbocycles. The van der Waals surface area contributed by atoms with Crippen molar-refractivity contribution in [1.82, 2.24) is 0 Å². The minimum absolute atomic E-state index is 0.0338. The van der Waals surface area contributed by atoms with Crippen molar-refractivity contribution < 1.29 is 19.8 Å². The normalized spacial score (nSPS) is 16.9. The molecule has 0 saturated carbocycles. The van der Waals surface area contributed by atoms with Crippen molar-refractivity contribution in [1.29, 1.82) is 0 Å². The Morgan fingerprint density at radius 1 is 0.800 bits per heavy atom. The van der Waals surface area contributed by atoms with Crippen LogP contribution in [-0.2, 0) is 6.42 Å². The molecule has 1 unspecified atom stereocenters. The zero-order chi connectivity index (χ0) is 17.6. The second-order valence-corrected chi connectivity index (χ2v) is 6.37. The van der Waals surface area contributed by atoms with E-state index < -0.39 is 5.92 Å². The Kier molecular flexibility index (Phi) is 3.53. The van der Waals surface area contributed by atoms with E-state index in [9.17, 15) is 19.8 Å². The lowest BCUT2D eigenvalue weighted by molar-refractivity contribution is 0.0818. The summed E-state index contributed by atoms with van der Waals surface area (Å²) in [7, 11) is 0. The number of phenols is 2. The molecule has 0 radical (unpaired) electrons. The second kappa shape index (κ2) is 5.74. The van der Waals surface area contributed by atoms with Crippen LogP contribution >= 0.6 is 0 Å². The fourth-order valence-electron chi connectivity index (χ4n) is 3.60. The summed E-state index contributed by atoms with van der Waals surface area (Å²) < 4.78 is 0. The van der Waals surface area contributed by atoms with Gasteiger partial charge in [0, 0.05) is 23.1 Å². The fraction of sp³-hybridized carbons (Fsp3) is 0.143. The zero-order valence-corrected chi connectivity index (χ0v) is 13.4. The Bertz CT molecular complexity index is 1010. The number of aromatic hydroxyl groups is 2. The van der Waals surface area contributed by atoms with Gasteiger partial charge < -0.3 is 10.2 Å². The summed E-state index contributed by atoms with van der Waals surface area (Å²) in [6.45, 7) is 0. The van der Waals surface area contributed by atoms with E-state index in [0.29, 0.717) is 17.2 Å². The zero-order valence-electron chi connectivity index (χ0n) is 13.4. The maximum Gasteiger partial charge on any atom is 0.171 e. The second-order valence-electron chi connectivity index (χ2n) is 6.37. The first-order valence-electron chi connectivity index (χ1n) is 8.16. The van der Waals surface area contributed by atoms with Gasteiger partial charge in [-0.25, -0.2) is 0 Å². The molecule has 0 aliphatic heterocycles. The maximum atomic E-state index is 13.0. The lowest BCUT2D eigenvalue weighted by atomic mass is 9.77. The molecule has 124 valence electrons. The first-order chi connectivity index (χ1) is 12.1. The third-order valence-electron chi connectivity index (χ3n) is 4.81. The molecule has 0 aromatic heterocycles. The number of carbonyl (C=O) groups excluding carboxylic acids is 2. The van der Waals surface area contributed by atoms with Crippen molar-refractivity contribution in [2.24, 2.45) is 5.92 Å². The molecule has 0 heterocycles. The van der Waals surface area contributed by atoms with Crippen molar-refractivity contribution in [2.75, 3.05) is 0 Å². The molecular formula is C21H16O4. The van der Waals surface area contributed by atoms with Crippen LogP contribution < -0.4 is 0 Å². The van der Waals surface area contributed by atoms with E-state index in [1.165, 1.54) is 0 Å². The highest BCUT2D eigenvalue weighted by molar-refractivity contribution is 6.22. The summed E-state index contributed by atoms with van der Waals surface area (Å²) in [6.07, 6.45) is 0.462. The van der Waals surface area contributed by atoms with Gasteiger partial charge in [0.1, 0.15) is 11.5 Å². The van der Waals surface area contributed by atoms with E-state index in [-0.39, 0.29) is 40.6 Å². The van der Waals surface area contributed by atoms with Crippen LogP contribution in [0.4, 0.5) is 0 Å². The highest BCUT2D eigenvalue weighted by atomic mass is 16.3. The first-order valence-corrected chi connectivity index (χ1v) is 8.16. The van der Waals surface area contributed by atoms with E-state index in [2.05, 4.69) is 0 Å². The van der Waals surface area contributed by atoms with E-state index in [0.717, 1.165) is 5.56 Å². The van der Waals surface area contributed by atoms with E-state index >= 15 is 0 Å². The Labute approximate surface area is 144 Å². The molecule has 1 aliphatic rings. The molecule has 1 aliphatic carbocycles. The highest BCUT2D eigenvalue weighted by Crippen LogP contribution is 2.44. The average Bonchev–Trinajstić information content (AvgIpc) is 2.63. The van der Waals surface area contributed by atoms with Crippen molar-refractivity contribution in [3.63, 3.8) is 0 Å². The number of hydrogen-bond donors (Lipinski definition) is 2. The summed E-state index contributed by atoms with van der Waals surface area (Å²) in [5, 5.41) is 21.9. The number of carbonyl (C=O) groups is 2. The van der Waals surface area contributed by atoms with E-state index in [1.54, 1.807) is 24.3 Å². The smallest absolute Gasteiger partial charge is 0.171 e. The largest absolute Gasteiger partial charge is 0.507 e. The van der Waals surface area contributed by atoms with Crippen LogP contribution in [0.15, 0.2) is 54.6 Å². The van der Waals surface area contributed by atoms with Crippen LogP contribution in [0.2, 0.25) is 0 Å².